The third-order valence-electron chi connectivity index (χ3n) is 9.84. The van der Waals surface area contributed by atoms with Crippen molar-refractivity contribution in [3.63, 3.8) is 0 Å². The zero-order valence-electron chi connectivity index (χ0n) is 26.8. The number of nitrogens with zero attached hydrogens (tertiary/aromatic N) is 1. The summed E-state index contributed by atoms with van der Waals surface area (Å²) in [5.74, 6) is 0.919. The minimum absolute atomic E-state index is 0.145. The summed E-state index contributed by atoms with van der Waals surface area (Å²) in [5, 5.41) is 0.953. The van der Waals surface area contributed by atoms with Crippen LogP contribution < -0.4 is 9.47 Å². The molecule has 2 aromatic carbocycles. The van der Waals surface area contributed by atoms with E-state index in [0.717, 1.165) is 59.4 Å². The zero-order chi connectivity index (χ0) is 32.3. The summed E-state index contributed by atoms with van der Waals surface area (Å²) in [6.07, 6.45) is 8.34. The van der Waals surface area contributed by atoms with Crippen LogP contribution in [0.3, 0.4) is 0 Å². The Balaban J connectivity index is 1.49. The Morgan fingerprint density at radius 3 is 2.00 bits per heavy atom. The lowest BCUT2D eigenvalue weighted by molar-refractivity contribution is -0.119. The molecule has 4 aliphatic rings. The fourth-order valence-corrected chi connectivity index (χ4v) is 8.84. The molecule has 0 N–H and O–H groups in total. The summed E-state index contributed by atoms with van der Waals surface area (Å²) in [4.78, 5) is 31.1. The van der Waals surface area contributed by atoms with E-state index >= 15 is 0 Å². The molecule has 0 aromatic heterocycles. The van der Waals surface area contributed by atoms with Crippen molar-refractivity contribution in [1.29, 1.82) is 0 Å². The second kappa shape index (κ2) is 12.4. The number of carbonyl (C=O) groups is 2. The topological polar surface area (TPSA) is 55.8 Å². The number of halogens is 3. The molecule has 1 saturated carbocycles. The number of benzene rings is 2. The molecule has 240 valence electrons. The Bertz CT molecular complexity index is 1560. The van der Waals surface area contributed by atoms with Crippen molar-refractivity contribution in [2.24, 2.45) is 10.8 Å². The first-order valence-electron chi connectivity index (χ1n) is 16.0. The average Bonchev–Trinajstić information content (AvgIpc) is 2.96. The molecule has 6 rings (SSSR count). The standard InChI is InChI=1S/C37H42BrCl2NO4/c1-36(2)16-27-33(29(42)18-36)32(34-28(17-37(3,4)19-30(34)43)41(27)23-9-7-6-8-10-23)22-14-24(38)35(31(15-22)44-5)45-20-21-11-12-25(39)26(40)13-21/h11-15,23,32H,6-10,16-20H2,1-5H3. The van der Waals surface area contributed by atoms with Gasteiger partial charge in [0.15, 0.2) is 23.1 Å². The summed E-state index contributed by atoms with van der Waals surface area (Å²) in [6.45, 7) is 9.05. The van der Waals surface area contributed by atoms with Gasteiger partial charge in [0.05, 0.1) is 21.6 Å². The van der Waals surface area contributed by atoms with E-state index in [9.17, 15) is 9.59 Å². The zero-order valence-corrected chi connectivity index (χ0v) is 29.9. The van der Waals surface area contributed by atoms with E-state index in [1.807, 2.05) is 18.2 Å². The molecular formula is C37H42BrCl2NO4. The van der Waals surface area contributed by atoms with E-state index in [1.54, 1.807) is 19.2 Å². The average molecular weight is 716 g/mol. The highest BCUT2D eigenvalue weighted by Crippen LogP contribution is 2.56. The molecule has 0 atom stereocenters. The van der Waals surface area contributed by atoms with Crippen molar-refractivity contribution in [3.8, 4) is 11.5 Å². The number of Topliss-reactive ketones (excluding diaryl/α,β-unsaturated/α-hetero) is 2. The van der Waals surface area contributed by atoms with E-state index in [0.29, 0.717) is 44.9 Å². The van der Waals surface area contributed by atoms with Gasteiger partial charge in [-0.25, -0.2) is 0 Å². The Labute approximate surface area is 285 Å². The highest BCUT2D eigenvalue weighted by Gasteiger charge is 2.50. The molecule has 1 aliphatic heterocycles. The third kappa shape index (κ3) is 6.36. The van der Waals surface area contributed by atoms with Gasteiger partial charge in [-0.2, -0.15) is 0 Å². The van der Waals surface area contributed by atoms with Gasteiger partial charge < -0.3 is 14.4 Å². The van der Waals surface area contributed by atoms with Gasteiger partial charge in [0.25, 0.3) is 0 Å². The molecule has 2 aromatic rings. The predicted molar refractivity (Wildman–Crippen MR) is 183 cm³/mol. The normalized spacial score (nSPS) is 22.0. The molecule has 0 saturated heterocycles. The molecule has 0 spiro atoms. The van der Waals surface area contributed by atoms with Crippen LogP contribution in [0.4, 0.5) is 0 Å². The van der Waals surface area contributed by atoms with Gasteiger partial charge >= 0.3 is 0 Å². The number of methoxy groups -OCH3 is 1. The molecule has 5 nitrogen and oxygen atoms in total. The molecule has 45 heavy (non-hydrogen) atoms. The van der Waals surface area contributed by atoms with Crippen LogP contribution >= 0.6 is 39.1 Å². The van der Waals surface area contributed by atoms with E-state index in [1.165, 1.54) is 19.3 Å². The minimum atomic E-state index is -0.448. The van der Waals surface area contributed by atoms with Gasteiger partial charge in [0, 0.05) is 47.3 Å². The van der Waals surface area contributed by atoms with Gasteiger partial charge in [0.1, 0.15) is 6.61 Å². The van der Waals surface area contributed by atoms with Crippen LogP contribution in [0.5, 0.6) is 11.5 Å². The SMILES string of the molecule is COc1cc(C2C3=C(CC(C)(C)CC3=O)N(C3CCCCC3)C3=C2C(=O)CC(C)(C)C3)cc(Br)c1OCc1ccc(Cl)c(Cl)c1. The number of rotatable bonds is 6. The third-order valence-corrected chi connectivity index (χ3v) is 11.2. The smallest absolute Gasteiger partial charge is 0.175 e. The molecule has 1 heterocycles. The molecular weight excluding hydrogens is 673 g/mol. The number of hydrogen-bond acceptors (Lipinski definition) is 5. The summed E-state index contributed by atoms with van der Waals surface area (Å²) in [7, 11) is 1.61. The lowest BCUT2D eigenvalue weighted by Gasteiger charge is -2.52. The largest absolute Gasteiger partial charge is 0.493 e. The lowest BCUT2D eigenvalue weighted by Crippen LogP contribution is -2.48. The molecule has 0 bridgehead atoms. The summed E-state index contributed by atoms with van der Waals surface area (Å²) in [6, 6.07) is 9.68. The van der Waals surface area contributed by atoms with Crippen molar-refractivity contribution in [1.82, 2.24) is 4.90 Å². The van der Waals surface area contributed by atoms with Crippen LogP contribution in [0.25, 0.3) is 0 Å². The molecule has 1 fully saturated rings. The number of allylic oxidation sites excluding steroid dienone is 4. The number of ether oxygens (including phenoxy) is 2. The molecule has 0 unspecified atom stereocenters. The lowest BCUT2D eigenvalue weighted by atomic mass is 9.63. The van der Waals surface area contributed by atoms with Crippen molar-refractivity contribution in [2.75, 3.05) is 7.11 Å². The maximum atomic E-state index is 14.3. The molecule has 8 heteroatoms. The van der Waals surface area contributed by atoms with Gasteiger partial charge in [-0.15, -0.1) is 0 Å². The first kappa shape index (κ1) is 32.7. The number of carbonyl (C=O) groups excluding carboxylic acids is 2. The maximum Gasteiger partial charge on any atom is 0.175 e. The highest BCUT2D eigenvalue weighted by atomic mass is 79.9. The first-order valence-corrected chi connectivity index (χ1v) is 17.6. The van der Waals surface area contributed by atoms with Gasteiger partial charge in [0.2, 0.25) is 0 Å². The van der Waals surface area contributed by atoms with Gasteiger partial charge in [-0.05, 0) is 87.8 Å². The van der Waals surface area contributed by atoms with Crippen LogP contribution in [-0.2, 0) is 16.2 Å². The summed E-state index contributed by atoms with van der Waals surface area (Å²) >= 11 is 16.1. The Kier molecular flexibility index (Phi) is 8.99. The summed E-state index contributed by atoms with van der Waals surface area (Å²) < 4.78 is 12.8. The van der Waals surface area contributed by atoms with Crippen LogP contribution in [0.15, 0.2) is 57.3 Å². The fraction of sp³-hybridized carbons (Fsp3) is 0.514. The van der Waals surface area contributed by atoms with Crippen LogP contribution in [-0.4, -0.2) is 29.6 Å². The van der Waals surface area contributed by atoms with Gasteiger partial charge in [-0.1, -0.05) is 76.2 Å². The molecule has 0 radical (unpaired) electrons. The van der Waals surface area contributed by atoms with Crippen LogP contribution in [0.2, 0.25) is 10.0 Å². The van der Waals surface area contributed by atoms with E-state index in [2.05, 4.69) is 48.5 Å². The second-order valence-corrected chi connectivity index (χ2v) is 16.4. The van der Waals surface area contributed by atoms with Crippen molar-refractivity contribution < 1.29 is 19.1 Å². The van der Waals surface area contributed by atoms with E-state index < -0.39 is 5.92 Å². The first-order chi connectivity index (χ1) is 21.3. The monoisotopic (exact) mass is 713 g/mol. The quantitative estimate of drug-likeness (QED) is 0.298. The van der Waals surface area contributed by atoms with Crippen LogP contribution in [0.1, 0.15) is 103 Å². The molecule has 0 amide bonds. The predicted octanol–water partition coefficient (Wildman–Crippen LogP) is 10.4. The van der Waals surface area contributed by atoms with Crippen LogP contribution in [0, 0.1) is 10.8 Å². The minimum Gasteiger partial charge on any atom is -0.493 e. The van der Waals surface area contributed by atoms with Crippen molar-refractivity contribution in [3.05, 3.63) is 78.5 Å². The Hall–Kier alpha value is -2.28. The Morgan fingerprint density at radius 2 is 1.44 bits per heavy atom. The van der Waals surface area contributed by atoms with E-state index in [-0.39, 0.29) is 29.0 Å². The maximum absolute atomic E-state index is 14.3. The number of hydrogen-bond donors (Lipinski definition) is 0. The second-order valence-electron chi connectivity index (χ2n) is 14.8. The van der Waals surface area contributed by atoms with Crippen molar-refractivity contribution in [2.45, 2.75) is 104 Å². The Morgan fingerprint density at radius 1 is 0.844 bits per heavy atom. The van der Waals surface area contributed by atoms with E-state index in [4.69, 9.17) is 32.7 Å². The summed E-state index contributed by atoms with van der Waals surface area (Å²) in [5.41, 5.74) is 5.29. The van der Waals surface area contributed by atoms with Gasteiger partial charge in [-0.3, -0.25) is 9.59 Å². The fourth-order valence-electron chi connectivity index (χ4n) is 7.94. The van der Waals surface area contributed by atoms with Crippen molar-refractivity contribution >= 4 is 50.7 Å². The highest BCUT2D eigenvalue weighted by molar-refractivity contribution is 9.10. The number of ketones is 2. The molecule has 3 aliphatic carbocycles.